The Bertz CT molecular complexity index is 871. The molecule has 3 rings (SSSR count). The van der Waals surface area contributed by atoms with Gasteiger partial charge in [0.1, 0.15) is 5.75 Å². The van der Waals surface area contributed by atoms with Crippen LogP contribution in [0.15, 0.2) is 30.3 Å². The van der Waals surface area contributed by atoms with Crippen molar-refractivity contribution in [3.8, 4) is 17.2 Å². The lowest BCUT2D eigenvalue weighted by atomic mass is 10.2. The molecule has 1 aliphatic rings. The highest BCUT2D eigenvalue weighted by atomic mass is 35.5. The van der Waals surface area contributed by atoms with E-state index < -0.39 is 18.5 Å². The van der Waals surface area contributed by atoms with Crippen molar-refractivity contribution in [3.05, 3.63) is 45.9 Å². The summed E-state index contributed by atoms with van der Waals surface area (Å²) in [6.07, 6.45) is 0. The van der Waals surface area contributed by atoms with Crippen molar-refractivity contribution in [2.45, 2.75) is 0 Å². The van der Waals surface area contributed by atoms with Gasteiger partial charge in [0.2, 0.25) is 6.79 Å². The Morgan fingerprint density at radius 2 is 1.96 bits per heavy atom. The summed E-state index contributed by atoms with van der Waals surface area (Å²) in [6.45, 7) is -0.449. The Morgan fingerprint density at radius 3 is 2.69 bits per heavy atom. The van der Waals surface area contributed by atoms with Crippen molar-refractivity contribution < 1.29 is 28.5 Å². The van der Waals surface area contributed by atoms with Gasteiger partial charge in [0.25, 0.3) is 5.91 Å². The number of amides is 1. The van der Waals surface area contributed by atoms with Gasteiger partial charge >= 0.3 is 5.97 Å². The summed E-state index contributed by atoms with van der Waals surface area (Å²) < 4.78 is 20.4. The van der Waals surface area contributed by atoms with Crippen LogP contribution in [-0.2, 0) is 9.53 Å². The molecule has 0 bridgehead atoms. The van der Waals surface area contributed by atoms with E-state index in [1.54, 1.807) is 12.1 Å². The van der Waals surface area contributed by atoms with Crippen LogP contribution in [0, 0.1) is 0 Å². The minimum Gasteiger partial charge on any atom is -0.495 e. The molecule has 7 nitrogen and oxygen atoms in total. The summed E-state index contributed by atoms with van der Waals surface area (Å²) >= 11 is 12.0. The molecule has 0 saturated heterocycles. The highest BCUT2D eigenvalue weighted by Crippen LogP contribution is 2.39. The largest absolute Gasteiger partial charge is 0.495 e. The molecule has 0 atom stereocenters. The van der Waals surface area contributed by atoms with Gasteiger partial charge < -0.3 is 24.3 Å². The molecular weight excluding hydrogens is 385 g/mol. The molecule has 1 N–H and O–H groups in total. The zero-order chi connectivity index (χ0) is 18.7. The van der Waals surface area contributed by atoms with Crippen LogP contribution in [0.5, 0.6) is 17.2 Å². The summed E-state index contributed by atoms with van der Waals surface area (Å²) in [6, 6.07) is 7.58. The number of benzene rings is 2. The van der Waals surface area contributed by atoms with Crippen molar-refractivity contribution in [1.82, 2.24) is 0 Å². The molecule has 1 heterocycles. The molecule has 0 radical (unpaired) electrons. The maximum Gasteiger partial charge on any atom is 0.338 e. The highest BCUT2D eigenvalue weighted by molar-refractivity contribution is 6.33. The number of rotatable bonds is 5. The van der Waals surface area contributed by atoms with Gasteiger partial charge in [-0.15, -0.1) is 0 Å². The highest BCUT2D eigenvalue weighted by Gasteiger charge is 2.21. The molecule has 1 aliphatic heterocycles. The molecule has 0 aliphatic carbocycles. The number of ether oxygens (including phenoxy) is 4. The van der Waals surface area contributed by atoms with Crippen molar-refractivity contribution in [2.75, 3.05) is 25.8 Å². The second kappa shape index (κ2) is 7.72. The molecule has 2 aromatic carbocycles. The van der Waals surface area contributed by atoms with E-state index in [0.717, 1.165) is 0 Å². The SMILES string of the molecule is COc1ccc(NC(=O)COC(=O)c2cc(Cl)c3c(c2)OCO3)cc1Cl. The lowest BCUT2D eigenvalue weighted by Gasteiger charge is -2.09. The Morgan fingerprint density at radius 1 is 1.15 bits per heavy atom. The number of nitrogens with one attached hydrogen (secondary N) is 1. The van der Waals surface area contributed by atoms with Crippen LogP contribution in [0.3, 0.4) is 0 Å². The first-order chi connectivity index (χ1) is 12.5. The summed E-state index contributed by atoms with van der Waals surface area (Å²) in [5.41, 5.74) is 0.600. The van der Waals surface area contributed by atoms with E-state index >= 15 is 0 Å². The van der Waals surface area contributed by atoms with E-state index in [0.29, 0.717) is 28.0 Å². The fraction of sp³-hybridized carbons (Fsp3) is 0.176. The first-order valence-corrected chi connectivity index (χ1v) is 8.13. The lowest BCUT2D eigenvalue weighted by molar-refractivity contribution is -0.119. The number of anilines is 1. The van der Waals surface area contributed by atoms with Gasteiger partial charge in [-0.05, 0) is 30.3 Å². The molecule has 9 heteroatoms. The standard InChI is InChI=1S/C17H13Cl2NO6/c1-23-13-3-2-10(6-11(13)18)20-15(21)7-24-17(22)9-4-12(19)16-14(5-9)25-8-26-16/h2-6H,7-8H2,1H3,(H,20,21). The number of methoxy groups -OCH3 is 1. The van der Waals surface area contributed by atoms with Crippen LogP contribution >= 0.6 is 23.2 Å². The molecule has 0 fully saturated rings. The Hall–Kier alpha value is -2.64. The maximum absolute atomic E-state index is 12.1. The Kier molecular flexibility index (Phi) is 5.39. The minimum absolute atomic E-state index is 0.0282. The summed E-state index contributed by atoms with van der Waals surface area (Å²) in [5.74, 6) is -0.0329. The number of hydrogen-bond acceptors (Lipinski definition) is 6. The zero-order valence-corrected chi connectivity index (χ0v) is 15.0. The summed E-state index contributed by atoms with van der Waals surface area (Å²) in [4.78, 5) is 24.0. The van der Waals surface area contributed by atoms with Crippen LogP contribution in [0.2, 0.25) is 10.0 Å². The summed E-state index contributed by atoms with van der Waals surface area (Å²) in [7, 11) is 1.49. The second-order valence-electron chi connectivity index (χ2n) is 5.17. The smallest absolute Gasteiger partial charge is 0.338 e. The molecule has 0 saturated carbocycles. The molecule has 2 aromatic rings. The zero-order valence-electron chi connectivity index (χ0n) is 13.5. The van der Waals surface area contributed by atoms with Gasteiger partial charge in [-0.2, -0.15) is 0 Å². The number of carbonyl (C=O) groups excluding carboxylic acids is 2. The van der Waals surface area contributed by atoms with Crippen LogP contribution < -0.4 is 19.5 Å². The van der Waals surface area contributed by atoms with Gasteiger partial charge in [0.15, 0.2) is 18.1 Å². The van der Waals surface area contributed by atoms with Crippen molar-refractivity contribution in [3.63, 3.8) is 0 Å². The molecular formula is C17H13Cl2NO6. The third-order valence-electron chi connectivity index (χ3n) is 3.43. The van der Waals surface area contributed by atoms with Crippen molar-refractivity contribution in [1.29, 1.82) is 0 Å². The van der Waals surface area contributed by atoms with Gasteiger partial charge in [-0.25, -0.2) is 4.79 Å². The number of esters is 1. The normalized spacial score (nSPS) is 11.8. The molecule has 26 heavy (non-hydrogen) atoms. The van der Waals surface area contributed by atoms with Crippen LogP contribution in [0.25, 0.3) is 0 Å². The van der Waals surface area contributed by atoms with Crippen LogP contribution in [0.4, 0.5) is 5.69 Å². The van der Waals surface area contributed by atoms with Crippen LogP contribution in [-0.4, -0.2) is 32.4 Å². The first-order valence-electron chi connectivity index (χ1n) is 7.37. The number of halogens is 2. The fourth-order valence-corrected chi connectivity index (χ4v) is 2.76. The van der Waals surface area contributed by atoms with Gasteiger partial charge in [0, 0.05) is 5.69 Å². The van der Waals surface area contributed by atoms with Crippen molar-refractivity contribution >= 4 is 40.8 Å². The topological polar surface area (TPSA) is 83.1 Å². The minimum atomic E-state index is -0.715. The quantitative estimate of drug-likeness (QED) is 0.776. The third kappa shape index (κ3) is 3.95. The average Bonchev–Trinajstić information content (AvgIpc) is 3.09. The van der Waals surface area contributed by atoms with Gasteiger partial charge in [-0.1, -0.05) is 23.2 Å². The number of hydrogen-bond donors (Lipinski definition) is 1. The van der Waals surface area contributed by atoms with Gasteiger partial charge in [-0.3, -0.25) is 4.79 Å². The molecule has 0 aromatic heterocycles. The number of carbonyl (C=O) groups is 2. The van der Waals surface area contributed by atoms with Crippen molar-refractivity contribution in [2.24, 2.45) is 0 Å². The monoisotopic (exact) mass is 397 g/mol. The van der Waals surface area contributed by atoms with E-state index in [1.807, 2.05) is 0 Å². The molecule has 0 spiro atoms. The second-order valence-corrected chi connectivity index (χ2v) is 5.98. The fourth-order valence-electron chi connectivity index (χ4n) is 2.24. The third-order valence-corrected chi connectivity index (χ3v) is 4.01. The first kappa shape index (κ1) is 18.2. The van der Waals surface area contributed by atoms with Gasteiger partial charge in [0.05, 0.1) is 22.7 Å². The molecule has 1 amide bonds. The maximum atomic E-state index is 12.1. The predicted molar refractivity (Wildman–Crippen MR) is 94.5 cm³/mol. The van der Waals surface area contributed by atoms with E-state index in [2.05, 4.69) is 5.32 Å². The number of fused-ring (bicyclic) bond motifs is 1. The van der Waals surface area contributed by atoms with Crippen LogP contribution in [0.1, 0.15) is 10.4 Å². The van der Waals surface area contributed by atoms with E-state index in [4.69, 9.17) is 42.1 Å². The Labute approximate surface area is 158 Å². The average molecular weight is 398 g/mol. The predicted octanol–water partition coefficient (Wildman–Crippen LogP) is 3.53. The summed E-state index contributed by atoms with van der Waals surface area (Å²) in [5, 5.41) is 3.14. The van der Waals surface area contributed by atoms with E-state index in [9.17, 15) is 9.59 Å². The van der Waals surface area contributed by atoms with E-state index in [-0.39, 0.29) is 17.4 Å². The molecule has 0 unspecified atom stereocenters. The lowest BCUT2D eigenvalue weighted by Crippen LogP contribution is -2.21. The molecule has 136 valence electrons. The Balaban J connectivity index is 1.58. The van der Waals surface area contributed by atoms with E-state index in [1.165, 1.54) is 25.3 Å².